The van der Waals surface area contributed by atoms with E-state index in [-0.39, 0.29) is 19.6 Å². The van der Waals surface area contributed by atoms with Gasteiger partial charge in [-0.15, -0.1) is 0 Å². The predicted octanol–water partition coefficient (Wildman–Crippen LogP) is 0.767. The molecule has 0 rings (SSSR count). The smallest absolute Gasteiger partial charge is 0.330 e. The van der Waals surface area contributed by atoms with Crippen molar-refractivity contribution in [2.45, 2.75) is 19.4 Å². The molecule has 1 unspecified atom stereocenters. The molecule has 0 radical (unpaired) electrons. The molecule has 0 amide bonds. The third-order valence-electron chi connectivity index (χ3n) is 1.68. The maximum absolute atomic E-state index is 11.2. The van der Waals surface area contributed by atoms with Crippen molar-refractivity contribution in [3.63, 3.8) is 0 Å². The van der Waals surface area contributed by atoms with Gasteiger partial charge in [-0.2, -0.15) is 0 Å². The van der Waals surface area contributed by atoms with Crippen LogP contribution in [0.15, 0.2) is 25.3 Å². The van der Waals surface area contributed by atoms with Gasteiger partial charge >= 0.3 is 17.9 Å². The summed E-state index contributed by atoms with van der Waals surface area (Å²) in [5.74, 6) is -1.73. The SMILES string of the molecule is C=CC(=O)OCCC(=O)OC(C)COC(=O)C=C. The van der Waals surface area contributed by atoms with Crippen LogP contribution in [0.4, 0.5) is 0 Å². The molecule has 0 saturated heterocycles. The van der Waals surface area contributed by atoms with Crippen LogP contribution >= 0.6 is 0 Å². The molecule has 0 spiro atoms. The number of carbonyl (C=O) groups excluding carboxylic acids is 3. The Kier molecular flexibility index (Phi) is 7.92. The van der Waals surface area contributed by atoms with Crippen molar-refractivity contribution in [2.24, 2.45) is 0 Å². The molecular weight excluding hydrogens is 240 g/mol. The fourth-order valence-electron chi connectivity index (χ4n) is 0.870. The Morgan fingerprint density at radius 2 is 1.67 bits per heavy atom. The minimum Gasteiger partial charge on any atom is -0.462 e. The second-order valence-corrected chi connectivity index (χ2v) is 3.26. The van der Waals surface area contributed by atoms with Gasteiger partial charge in [-0.3, -0.25) is 4.79 Å². The topological polar surface area (TPSA) is 78.9 Å². The molecule has 0 bridgehead atoms. The fraction of sp³-hybridized carbons (Fsp3) is 0.417. The molecule has 0 aromatic carbocycles. The largest absolute Gasteiger partial charge is 0.462 e. The van der Waals surface area contributed by atoms with Crippen LogP contribution in [0.5, 0.6) is 0 Å². The van der Waals surface area contributed by atoms with Crippen molar-refractivity contribution in [1.29, 1.82) is 0 Å². The molecule has 0 aliphatic heterocycles. The zero-order valence-corrected chi connectivity index (χ0v) is 10.2. The van der Waals surface area contributed by atoms with Crippen molar-refractivity contribution in [3.8, 4) is 0 Å². The van der Waals surface area contributed by atoms with Crippen LogP contribution in [-0.4, -0.2) is 37.2 Å². The summed E-state index contributed by atoms with van der Waals surface area (Å²) in [4.78, 5) is 32.6. The first-order valence-electron chi connectivity index (χ1n) is 5.27. The molecule has 0 aliphatic carbocycles. The Morgan fingerprint density at radius 3 is 2.22 bits per heavy atom. The van der Waals surface area contributed by atoms with Gasteiger partial charge in [0.05, 0.1) is 6.42 Å². The second kappa shape index (κ2) is 8.98. The van der Waals surface area contributed by atoms with E-state index in [2.05, 4.69) is 22.6 Å². The summed E-state index contributed by atoms with van der Waals surface area (Å²) in [6, 6.07) is 0. The lowest BCUT2D eigenvalue weighted by atomic mass is 10.4. The maximum atomic E-state index is 11.2. The summed E-state index contributed by atoms with van der Waals surface area (Å²) in [6.07, 6.45) is 1.38. The van der Waals surface area contributed by atoms with Gasteiger partial charge < -0.3 is 14.2 Å². The van der Waals surface area contributed by atoms with Crippen LogP contribution in [-0.2, 0) is 28.6 Å². The lowest BCUT2D eigenvalue weighted by Gasteiger charge is -2.12. The van der Waals surface area contributed by atoms with Gasteiger partial charge in [0.1, 0.15) is 19.3 Å². The Labute approximate surface area is 105 Å². The molecule has 0 saturated carbocycles. The van der Waals surface area contributed by atoms with Gasteiger partial charge in [-0.05, 0) is 6.92 Å². The molecule has 6 nitrogen and oxygen atoms in total. The average molecular weight is 256 g/mol. The van der Waals surface area contributed by atoms with Crippen molar-refractivity contribution in [3.05, 3.63) is 25.3 Å². The lowest BCUT2D eigenvalue weighted by molar-refractivity contribution is -0.157. The fourth-order valence-corrected chi connectivity index (χ4v) is 0.870. The zero-order valence-electron chi connectivity index (χ0n) is 10.2. The van der Waals surface area contributed by atoms with Gasteiger partial charge in [0.2, 0.25) is 0 Å². The van der Waals surface area contributed by atoms with E-state index in [9.17, 15) is 14.4 Å². The molecule has 0 aromatic heterocycles. The predicted molar refractivity (Wildman–Crippen MR) is 62.5 cm³/mol. The second-order valence-electron chi connectivity index (χ2n) is 3.26. The van der Waals surface area contributed by atoms with Gasteiger partial charge in [0, 0.05) is 12.2 Å². The van der Waals surface area contributed by atoms with E-state index in [1.807, 2.05) is 0 Å². The van der Waals surface area contributed by atoms with E-state index in [1.165, 1.54) is 0 Å². The highest BCUT2D eigenvalue weighted by Crippen LogP contribution is 1.97. The van der Waals surface area contributed by atoms with Gasteiger partial charge in [-0.25, -0.2) is 9.59 Å². The summed E-state index contributed by atoms with van der Waals surface area (Å²) in [6.45, 7) is 7.87. The molecule has 0 aromatic rings. The van der Waals surface area contributed by atoms with Crippen LogP contribution in [0, 0.1) is 0 Å². The van der Waals surface area contributed by atoms with Crippen molar-refractivity contribution >= 4 is 17.9 Å². The monoisotopic (exact) mass is 256 g/mol. The Bertz CT molecular complexity index is 333. The van der Waals surface area contributed by atoms with E-state index in [0.29, 0.717) is 0 Å². The summed E-state index contributed by atoms with van der Waals surface area (Å²) in [5.41, 5.74) is 0. The van der Waals surface area contributed by atoms with Crippen LogP contribution in [0.2, 0.25) is 0 Å². The minimum atomic E-state index is -0.601. The van der Waals surface area contributed by atoms with Crippen LogP contribution in [0.3, 0.4) is 0 Å². The van der Waals surface area contributed by atoms with Gasteiger partial charge in [-0.1, -0.05) is 13.2 Å². The van der Waals surface area contributed by atoms with Gasteiger partial charge in [0.15, 0.2) is 0 Å². The zero-order chi connectivity index (χ0) is 14.0. The van der Waals surface area contributed by atoms with E-state index in [0.717, 1.165) is 12.2 Å². The number of ether oxygens (including phenoxy) is 3. The quantitative estimate of drug-likeness (QED) is 0.362. The Balaban J connectivity index is 3.73. The highest BCUT2D eigenvalue weighted by Gasteiger charge is 2.11. The van der Waals surface area contributed by atoms with Crippen molar-refractivity contribution < 1.29 is 28.6 Å². The molecule has 0 N–H and O–H groups in total. The summed E-state index contributed by atoms with van der Waals surface area (Å²) in [5, 5.41) is 0. The highest BCUT2D eigenvalue weighted by atomic mass is 16.6. The van der Waals surface area contributed by atoms with E-state index in [1.54, 1.807) is 6.92 Å². The third-order valence-corrected chi connectivity index (χ3v) is 1.68. The standard InChI is InChI=1S/C12H16O6/c1-4-10(13)16-7-6-12(15)18-9(3)8-17-11(14)5-2/h4-5,9H,1-2,6-8H2,3H3. The van der Waals surface area contributed by atoms with Crippen molar-refractivity contribution in [1.82, 2.24) is 0 Å². The Morgan fingerprint density at radius 1 is 1.11 bits per heavy atom. The van der Waals surface area contributed by atoms with Crippen LogP contribution in [0.1, 0.15) is 13.3 Å². The number of rotatable bonds is 8. The summed E-state index contributed by atoms with van der Waals surface area (Å²) < 4.78 is 14.2. The number of hydrogen-bond donors (Lipinski definition) is 0. The average Bonchev–Trinajstić information content (AvgIpc) is 2.35. The maximum Gasteiger partial charge on any atom is 0.330 e. The lowest BCUT2D eigenvalue weighted by Crippen LogP contribution is -2.22. The molecular formula is C12H16O6. The number of carbonyl (C=O) groups is 3. The first-order chi connectivity index (χ1) is 8.49. The molecule has 0 heterocycles. The van der Waals surface area contributed by atoms with Crippen LogP contribution < -0.4 is 0 Å². The molecule has 18 heavy (non-hydrogen) atoms. The molecule has 0 fully saturated rings. The third kappa shape index (κ3) is 8.09. The van der Waals surface area contributed by atoms with E-state index >= 15 is 0 Å². The summed E-state index contributed by atoms with van der Waals surface area (Å²) >= 11 is 0. The summed E-state index contributed by atoms with van der Waals surface area (Å²) in [7, 11) is 0. The first-order valence-corrected chi connectivity index (χ1v) is 5.27. The molecule has 1 atom stereocenters. The van der Waals surface area contributed by atoms with Crippen LogP contribution in [0.25, 0.3) is 0 Å². The minimum absolute atomic E-state index is 0.0525. The highest BCUT2D eigenvalue weighted by molar-refractivity contribution is 5.81. The Hall–Kier alpha value is -2.11. The number of esters is 3. The molecule has 0 aliphatic rings. The van der Waals surface area contributed by atoms with E-state index in [4.69, 9.17) is 4.74 Å². The van der Waals surface area contributed by atoms with Crippen molar-refractivity contribution in [2.75, 3.05) is 13.2 Å². The first kappa shape index (κ1) is 15.9. The normalized spacial score (nSPS) is 10.9. The van der Waals surface area contributed by atoms with E-state index < -0.39 is 24.0 Å². The van der Waals surface area contributed by atoms with Gasteiger partial charge in [0.25, 0.3) is 0 Å². The molecule has 6 heteroatoms. The number of hydrogen-bond acceptors (Lipinski definition) is 6. The molecule has 100 valence electrons.